The number of nitro groups is 1. The maximum Gasteiger partial charge on any atom is 0.293 e. The van der Waals surface area contributed by atoms with Crippen LogP contribution in [0.25, 0.3) is 10.9 Å². The quantitative estimate of drug-likeness (QED) is 0.507. The number of hydrogen-bond acceptors (Lipinski definition) is 4. The highest BCUT2D eigenvalue weighted by molar-refractivity contribution is 6.00. The zero-order chi connectivity index (χ0) is 20.4. The average molecular weight is 393 g/mol. The zero-order valence-electron chi connectivity index (χ0n) is 16.3. The number of fused-ring (bicyclic) bond motifs is 1. The minimum Gasteiger partial charge on any atom is -0.497 e. The fraction of sp³-hybridized carbons (Fsp3) is 0.318. The van der Waals surface area contributed by atoms with Crippen LogP contribution in [0.2, 0.25) is 0 Å². The predicted octanol–water partition coefficient (Wildman–Crippen LogP) is 4.84. The van der Waals surface area contributed by atoms with Gasteiger partial charge in [0.05, 0.1) is 18.1 Å². The lowest BCUT2D eigenvalue weighted by Gasteiger charge is -2.30. The number of aromatic amines is 1. The second-order valence-electron chi connectivity index (χ2n) is 7.32. The van der Waals surface area contributed by atoms with E-state index in [0.29, 0.717) is 23.1 Å². The van der Waals surface area contributed by atoms with Crippen LogP contribution in [0.1, 0.15) is 47.8 Å². The van der Waals surface area contributed by atoms with E-state index in [2.05, 4.69) is 4.98 Å². The van der Waals surface area contributed by atoms with Crippen LogP contribution < -0.4 is 4.74 Å². The SMILES string of the molecule is COc1ccc([C@@H]2CCCCCN2C(=O)c2cc3cccc([N+](=O)[O-])c3[nH]2)cc1. The largest absolute Gasteiger partial charge is 0.497 e. The Labute approximate surface area is 168 Å². The summed E-state index contributed by atoms with van der Waals surface area (Å²) in [5.74, 6) is 0.654. The molecule has 0 aliphatic carbocycles. The van der Waals surface area contributed by atoms with E-state index in [1.165, 1.54) is 6.07 Å². The van der Waals surface area contributed by atoms with Crippen LogP contribution >= 0.6 is 0 Å². The topological polar surface area (TPSA) is 88.5 Å². The molecular weight excluding hydrogens is 370 g/mol. The van der Waals surface area contributed by atoms with Crippen molar-refractivity contribution in [3.63, 3.8) is 0 Å². The summed E-state index contributed by atoms with van der Waals surface area (Å²) < 4.78 is 5.25. The van der Waals surface area contributed by atoms with Gasteiger partial charge in [-0.15, -0.1) is 0 Å². The Morgan fingerprint density at radius 1 is 1.17 bits per heavy atom. The molecule has 1 aliphatic heterocycles. The maximum absolute atomic E-state index is 13.4. The summed E-state index contributed by atoms with van der Waals surface area (Å²) in [6.07, 6.45) is 3.96. The Bertz CT molecular complexity index is 1040. The van der Waals surface area contributed by atoms with Crippen LogP contribution in [-0.4, -0.2) is 34.4 Å². The average Bonchev–Trinajstić information content (AvgIpc) is 3.03. The lowest BCUT2D eigenvalue weighted by Crippen LogP contribution is -2.35. The number of methoxy groups -OCH3 is 1. The molecule has 0 saturated carbocycles. The van der Waals surface area contributed by atoms with Crippen LogP contribution in [0.5, 0.6) is 5.75 Å². The number of aromatic nitrogens is 1. The van der Waals surface area contributed by atoms with E-state index in [4.69, 9.17) is 4.74 Å². The Morgan fingerprint density at radius 2 is 1.97 bits per heavy atom. The number of hydrogen-bond donors (Lipinski definition) is 1. The summed E-state index contributed by atoms with van der Waals surface area (Å²) in [6.45, 7) is 0.660. The Hall–Kier alpha value is -3.35. The van der Waals surface area contributed by atoms with Crippen molar-refractivity contribution >= 4 is 22.5 Å². The molecule has 7 nitrogen and oxygen atoms in total. The lowest BCUT2D eigenvalue weighted by atomic mass is 10.0. The molecule has 29 heavy (non-hydrogen) atoms. The van der Waals surface area contributed by atoms with E-state index in [-0.39, 0.29) is 17.6 Å². The Balaban J connectivity index is 1.70. The van der Waals surface area contributed by atoms with E-state index >= 15 is 0 Å². The predicted molar refractivity (Wildman–Crippen MR) is 110 cm³/mol. The van der Waals surface area contributed by atoms with Gasteiger partial charge in [-0.1, -0.05) is 37.1 Å². The number of carbonyl (C=O) groups is 1. The van der Waals surface area contributed by atoms with Crippen molar-refractivity contribution in [3.8, 4) is 5.75 Å². The number of rotatable bonds is 4. The number of H-pyrrole nitrogens is 1. The van der Waals surface area contributed by atoms with Gasteiger partial charge in [0, 0.05) is 18.0 Å². The summed E-state index contributed by atoms with van der Waals surface area (Å²) in [6, 6.07) is 14.4. The van der Waals surface area contributed by atoms with Gasteiger partial charge in [-0.05, 0) is 36.6 Å². The first-order chi connectivity index (χ1) is 14.1. The smallest absolute Gasteiger partial charge is 0.293 e. The molecule has 1 fully saturated rings. The zero-order valence-corrected chi connectivity index (χ0v) is 16.3. The maximum atomic E-state index is 13.4. The molecule has 0 unspecified atom stereocenters. The molecule has 1 atom stereocenters. The van der Waals surface area contributed by atoms with Crippen molar-refractivity contribution in [2.45, 2.75) is 31.7 Å². The number of amides is 1. The Morgan fingerprint density at radius 3 is 2.69 bits per heavy atom. The first-order valence-corrected chi connectivity index (χ1v) is 9.79. The van der Waals surface area contributed by atoms with Gasteiger partial charge in [-0.2, -0.15) is 0 Å². The van der Waals surface area contributed by atoms with E-state index in [1.807, 2.05) is 29.2 Å². The fourth-order valence-electron chi connectivity index (χ4n) is 4.09. The summed E-state index contributed by atoms with van der Waals surface area (Å²) in [5.41, 5.74) is 1.82. The van der Waals surface area contributed by atoms with Crippen molar-refractivity contribution in [2.24, 2.45) is 0 Å². The van der Waals surface area contributed by atoms with E-state index in [9.17, 15) is 14.9 Å². The van der Waals surface area contributed by atoms with Gasteiger partial charge in [-0.25, -0.2) is 0 Å². The van der Waals surface area contributed by atoms with Gasteiger partial charge in [0.2, 0.25) is 0 Å². The molecule has 0 spiro atoms. The fourth-order valence-corrected chi connectivity index (χ4v) is 4.09. The normalized spacial score (nSPS) is 17.1. The second kappa shape index (κ2) is 7.95. The van der Waals surface area contributed by atoms with Gasteiger partial charge in [0.25, 0.3) is 11.6 Å². The highest BCUT2D eigenvalue weighted by Gasteiger charge is 2.29. The molecule has 2 aromatic carbocycles. The van der Waals surface area contributed by atoms with Crippen molar-refractivity contribution in [3.05, 3.63) is 69.9 Å². The molecule has 1 aliphatic rings. The molecule has 2 heterocycles. The molecular formula is C22H23N3O4. The monoisotopic (exact) mass is 393 g/mol. The van der Waals surface area contributed by atoms with Gasteiger partial charge < -0.3 is 14.6 Å². The first kappa shape index (κ1) is 19.0. The second-order valence-corrected chi connectivity index (χ2v) is 7.32. The van der Waals surface area contributed by atoms with Crippen LogP contribution in [0.3, 0.4) is 0 Å². The first-order valence-electron chi connectivity index (χ1n) is 9.79. The minimum atomic E-state index is -0.431. The highest BCUT2D eigenvalue weighted by Crippen LogP contribution is 2.33. The van der Waals surface area contributed by atoms with Crippen LogP contribution in [-0.2, 0) is 0 Å². The molecule has 7 heteroatoms. The number of ether oxygens (including phenoxy) is 1. The molecule has 1 N–H and O–H groups in total. The van der Waals surface area contributed by atoms with E-state index < -0.39 is 4.92 Å². The molecule has 0 bridgehead atoms. The molecule has 0 radical (unpaired) electrons. The molecule has 150 valence electrons. The van der Waals surface area contributed by atoms with Crippen LogP contribution in [0, 0.1) is 10.1 Å². The standard InChI is InChI=1S/C22H23N3O4/c1-29-17-11-9-15(10-12-17)19-7-3-2-4-13-24(19)22(26)18-14-16-6-5-8-20(25(27)28)21(16)23-18/h5-6,8-12,14,19,23H,2-4,7,13H2,1H3/t19-/m0/s1. The van der Waals surface area contributed by atoms with E-state index in [1.54, 1.807) is 25.3 Å². The summed E-state index contributed by atoms with van der Waals surface area (Å²) in [4.78, 5) is 29.2. The lowest BCUT2D eigenvalue weighted by molar-refractivity contribution is -0.383. The van der Waals surface area contributed by atoms with Gasteiger partial charge in [-0.3, -0.25) is 14.9 Å². The number of non-ortho nitro benzene ring substituents is 1. The minimum absolute atomic E-state index is 0.0240. The van der Waals surface area contributed by atoms with Crippen molar-refractivity contribution in [1.29, 1.82) is 0 Å². The number of benzene rings is 2. The van der Waals surface area contributed by atoms with Crippen LogP contribution in [0.15, 0.2) is 48.5 Å². The third kappa shape index (κ3) is 3.68. The van der Waals surface area contributed by atoms with Crippen molar-refractivity contribution in [2.75, 3.05) is 13.7 Å². The summed E-state index contributed by atoms with van der Waals surface area (Å²) in [7, 11) is 1.63. The van der Waals surface area contributed by atoms with Crippen LogP contribution in [0.4, 0.5) is 5.69 Å². The Kier molecular flexibility index (Phi) is 5.20. The summed E-state index contributed by atoms with van der Waals surface area (Å²) >= 11 is 0. The van der Waals surface area contributed by atoms with Gasteiger partial charge in [0.15, 0.2) is 0 Å². The molecule has 4 rings (SSSR count). The van der Waals surface area contributed by atoms with Crippen molar-refractivity contribution < 1.29 is 14.5 Å². The third-order valence-corrected chi connectivity index (χ3v) is 5.58. The molecule has 1 saturated heterocycles. The van der Waals surface area contributed by atoms with Gasteiger partial charge in [0.1, 0.15) is 17.0 Å². The molecule has 3 aromatic rings. The molecule has 1 amide bonds. The number of nitro benzene ring substituents is 1. The number of likely N-dealkylation sites (tertiary alicyclic amines) is 1. The molecule has 1 aromatic heterocycles. The van der Waals surface area contributed by atoms with Gasteiger partial charge >= 0.3 is 0 Å². The number of para-hydroxylation sites is 1. The number of nitrogens with one attached hydrogen (secondary N) is 1. The van der Waals surface area contributed by atoms with E-state index in [0.717, 1.165) is 37.0 Å². The third-order valence-electron chi connectivity index (χ3n) is 5.58. The number of nitrogens with zero attached hydrogens (tertiary/aromatic N) is 2. The van der Waals surface area contributed by atoms with Crippen molar-refractivity contribution in [1.82, 2.24) is 9.88 Å². The summed E-state index contributed by atoms with van der Waals surface area (Å²) in [5, 5.41) is 12.0. The number of carbonyl (C=O) groups excluding carboxylic acids is 1. The highest BCUT2D eigenvalue weighted by atomic mass is 16.6.